The molecule has 0 radical (unpaired) electrons. The summed E-state index contributed by atoms with van der Waals surface area (Å²) in [5.74, 6) is 0.751. The minimum absolute atomic E-state index is 0. The number of aromatic amines is 1. The van der Waals surface area contributed by atoms with Gasteiger partial charge in [0.15, 0.2) is 0 Å². The monoisotopic (exact) mass is 1000 g/mol. The first-order valence-corrected chi connectivity index (χ1v) is 19.0. The summed E-state index contributed by atoms with van der Waals surface area (Å²) in [5.41, 5.74) is -2.12. The Morgan fingerprint density at radius 2 is 1.24 bits per heavy atom. The molecule has 2 saturated carbocycles. The van der Waals surface area contributed by atoms with Crippen LogP contribution in [0.25, 0.3) is 22.2 Å². The van der Waals surface area contributed by atoms with E-state index in [2.05, 4.69) is 84.1 Å². The summed E-state index contributed by atoms with van der Waals surface area (Å²) in [5, 5.41) is 0.500. The van der Waals surface area contributed by atoms with Crippen LogP contribution in [-0.2, 0) is 24.6 Å². The SMILES string of the molecule is BrB(Br)Br.C.C.CC(Br)c1cc(=O)oc2[nH]c(=O)n(CC3CC3)c(=O)c12.COCn1c(=O)n(CC2CC2)c(=O)c2c(C(C)Br)cc(=O)oc21. The molecule has 0 aromatic carbocycles. The fraction of sp³-hybridized carbons (Fsp3) is 0.533. The normalized spacial score (nSPS) is 14.8. The lowest BCUT2D eigenvalue weighted by Gasteiger charge is -2.14. The van der Waals surface area contributed by atoms with Crippen LogP contribution in [0.5, 0.6) is 0 Å². The lowest BCUT2D eigenvalue weighted by Crippen LogP contribution is -2.41. The summed E-state index contributed by atoms with van der Waals surface area (Å²) >= 11 is 16.1. The fourth-order valence-electron chi connectivity index (χ4n) is 4.88. The zero-order valence-corrected chi connectivity index (χ0v) is 33.3. The molecule has 2 fully saturated rings. The standard InChI is InChI=1S/C15H17BrN2O5.C13H13BrN2O4.2CH4.BBr3/c1-8(16)10-5-11(19)23-14-12(10)13(20)17(6-9-3-4-9)15(21)18(14)7-22-2;1-6(14)8-4-9(17)20-11-10(8)12(18)16(13(19)15-11)5-7-2-3-7;;;2-1(3)4/h5,8-9H,3-4,6-7H2,1-2H3;4,6-7H,2-3,5H2,1H3,(H,15,19);2*1H4;. The lowest BCUT2D eigenvalue weighted by molar-refractivity contribution is 0.125. The van der Waals surface area contributed by atoms with E-state index >= 15 is 0 Å². The summed E-state index contributed by atoms with van der Waals surface area (Å²) < 4.78 is 19.0. The number of halogens is 5. The molecule has 0 aliphatic heterocycles. The van der Waals surface area contributed by atoms with Crippen molar-refractivity contribution in [1.82, 2.24) is 18.7 Å². The summed E-state index contributed by atoms with van der Waals surface area (Å²) in [6.07, 6.45) is 4.10. The van der Waals surface area contributed by atoms with Gasteiger partial charge >= 0.3 is 25.8 Å². The van der Waals surface area contributed by atoms with Crippen LogP contribution in [0, 0.1) is 11.8 Å². The molecule has 4 heterocycles. The number of ether oxygens (including phenoxy) is 1. The first-order chi connectivity index (χ1) is 22.1. The highest BCUT2D eigenvalue weighted by Gasteiger charge is 2.27. The van der Waals surface area contributed by atoms with Gasteiger partial charge in [0.05, 0.1) is 0 Å². The van der Waals surface area contributed by atoms with Crippen molar-refractivity contribution in [2.45, 2.75) is 83.9 Å². The zero-order chi connectivity index (χ0) is 34.7. The highest BCUT2D eigenvalue weighted by atomic mass is 79.9. The predicted molar refractivity (Wildman–Crippen MR) is 212 cm³/mol. The number of aromatic nitrogens is 4. The molecule has 2 aliphatic rings. The van der Waals surface area contributed by atoms with Crippen LogP contribution < -0.4 is 33.7 Å². The Balaban J connectivity index is 0.000000298. The van der Waals surface area contributed by atoms with Crippen LogP contribution in [0.1, 0.15) is 75.2 Å². The Bertz CT molecular complexity index is 2130. The van der Waals surface area contributed by atoms with Crippen molar-refractivity contribution in [2.75, 3.05) is 7.11 Å². The maximum Gasteiger partial charge on any atom is 0.369 e. The molecule has 0 saturated heterocycles. The zero-order valence-electron chi connectivity index (χ0n) is 25.4. The number of hydrogen-bond acceptors (Lipinski definition) is 9. The Morgan fingerprint density at radius 3 is 1.71 bits per heavy atom. The molecule has 4 aromatic heterocycles. The molecule has 13 nitrogen and oxygen atoms in total. The molecule has 270 valence electrons. The maximum atomic E-state index is 12.8. The molecule has 49 heavy (non-hydrogen) atoms. The minimum atomic E-state index is -0.609. The van der Waals surface area contributed by atoms with Crippen molar-refractivity contribution in [2.24, 2.45) is 11.8 Å². The Labute approximate surface area is 323 Å². The number of H-pyrrole nitrogens is 1. The third-order valence-corrected chi connectivity index (χ3v) is 8.43. The summed E-state index contributed by atoms with van der Waals surface area (Å²) in [6, 6.07) is 2.56. The topological polar surface area (TPSA) is 169 Å². The molecule has 2 atom stereocenters. The molecule has 2 aliphatic carbocycles. The van der Waals surface area contributed by atoms with E-state index in [1.54, 1.807) is 0 Å². The molecule has 4 aromatic rings. The Morgan fingerprint density at radius 1 is 0.796 bits per heavy atom. The highest BCUT2D eigenvalue weighted by molar-refractivity contribution is 9.69. The fourth-order valence-corrected chi connectivity index (χ4v) is 5.61. The molecule has 2 unspecified atom stereocenters. The average Bonchev–Trinajstić information content (AvgIpc) is 3.91. The van der Waals surface area contributed by atoms with E-state index in [4.69, 9.17) is 13.6 Å². The second-order valence-electron chi connectivity index (χ2n) is 11.2. The highest BCUT2D eigenvalue weighted by Crippen LogP contribution is 2.31. The van der Waals surface area contributed by atoms with Gasteiger partial charge in [-0.1, -0.05) is 46.7 Å². The van der Waals surface area contributed by atoms with Gasteiger partial charge in [-0.25, -0.2) is 23.7 Å². The number of rotatable bonds is 8. The Kier molecular flexibility index (Phi) is 16.5. The Hall–Kier alpha value is -1.80. The molecule has 1 N–H and O–H groups in total. The van der Waals surface area contributed by atoms with Crippen molar-refractivity contribution >= 4 is 105 Å². The summed E-state index contributed by atoms with van der Waals surface area (Å²) in [7, 11) is 1.43. The van der Waals surface area contributed by atoms with Crippen LogP contribution in [0.2, 0.25) is 0 Å². The number of fused-ring (bicyclic) bond motifs is 2. The molecule has 0 amide bonds. The van der Waals surface area contributed by atoms with E-state index in [-0.39, 0.29) is 56.6 Å². The quantitative estimate of drug-likeness (QED) is 0.153. The van der Waals surface area contributed by atoms with E-state index < -0.39 is 33.7 Å². The van der Waals surface area contributed by atoms with E-state index in [1.165, 1.54) is 32.9 Å². The number of methoxy groups -OCH3 is 1. The van der Waals surface area contributed by atoms with Crippen LogP contribution in [0.4, 0.5) is 0 Å². The average molecular weight is 1010 g/mol. The predicted octanol–water partition coefficient (Wildman–Crippen LogP) is 6.52. The van der Waals surface area contributed by atoms with Crippen molar-refractivity contribution in [3.05, 3.63) is 85.8 Å². The van der Waals surface area contributed by atoms with Crippen molar-refractivity contribution in [3.8, 4) is 0 Å². The summed E-state index contributed by atoms with van der Waals surface area (Å²) in [6.45, 7) is 4.32. The van der Waals surface area contributed by atoms with Crippen LogP contribution >= 0.6 is 79.1 Å². The van der Waals surface area contributed by atoms with Gasteiger partial charge in [-0.15, -0.1) is 47.3 Å². The molecule has 6 rings (SSSR count). The molecule has 19 heteroatoms. The van der Waals surface area contributed by atoms with Gasteiger partial charge in [0, 0.05) is 42.0 Å². The van der Waals surface area contributed by atoms with Crippen molar-refractivity contribution in [3.63, 3.8) is 0 Å². The van der Waals surface area contributed by atoms with E-state index in [0.29, 0.717) is 36.1 Å². The molecule has 0 spiro atoms. The van der Waals surface area contributed by atoms with E-state index in [0.717, 1.165) is 25.7 Å². The second-order valence-corrected chi connectivity index (χ2v) is 20.4. The minimum Gasteiger partial charge on any atom is -0.405 e. The third kappa shape index (κ3) is 10.9. The van der Waals surface area contributed by atoms with Crippen molar-refractivity contribution in [1.29, 1.82) is 0 Å². The van der Waals surface area contributed by atoms with E-state index in [1.807, 2.05) is 13.8 Å². The lowest BCUT2D eigenvalue weighted by atomic mass is 10.1. The van der Waals surface area contributed by atoms with Crippen molar-refractivity contribution < 1.29 is 13.6 Å². The van der Waals surface area contributed by atoms with Gasteiger partial charge in [-0.2, -0.15) is 0 Å². The van der Waals surface area contributed by atoms with Gasteiger partial charge in [0.2, 0.25) is 11.4 Å². The van der Waals surface area contributed by atoms with Gasteiger partial charge < -0.3 is 13.6 Å². The first kappa shape index (κ1) is 43.4. The number of alkyl halides is 2. The third-order valence-electron chi connectivity index (χ3n) is 7.45. The number of hydrogen-bond donors (Lipinski definition) is 1. The van der Waals surface area contributed by atoms with Gasteiger partial charge in [0.25, 0.3) is 11.1 Å². The first-order valence-electron chi connectivity index (χ1n) is 14.5. The van der Waals surface area contributed by atoms with E-state index in [9.17, 15) is 28.8 Å². The van der Waals surface area contributed by atoms with Gasteiger partial charge in [0.1, 0.15) is 17.5 Å². The smallest absolute Gasteiger partial charge is 0.369 e. The second kappa shape index (κ2) is 18.6. The number of nitrogens with one attached hydrogen (secondary N) is 1. The van der Waals surface area contributed by atoms with Crippen LogP contribution in [-0.4, -0.2) is 29.0 Å². The summed E-state index contributed by atoms with van der Waals surface area (Å²) in [4.78, 5) is 75.3. The van der Waals surface area contributed by atoms with Crippen LogP contribution in [0.3, 0.4) is 0 Å². The number of nitrogens with zero attached hydrogens (tertiary/aromatic N) is 3. The molecular weight excluding hydrogens is 971 g/mol. The maximum absolute atomic E-state index is 12.8. The van der Waals surface area contributed by atoms with Crippen LogP contribution in [0.15, 0.2) is 49.7 Å². The van der Waals surface area contributed by atoms with Gasteiger partial charge in [-0.05, 0) is 62.5 Å². The van der Waals surface area contributed by atoms with Gasteiger partial charge in [-0.3, -0.25) is 23.7 Å². The molecular formula is C30H38BBr5N4O9. The largest absolute Gasteiger partial charge is 0.405 e. The molecule has 0 bridgehead atoms.